The summed E-state index contributed by atoms with van der Waals surface area (Å²) in [6, 6.07) is 6.35. The molecule has 0 amide bonds. The summed E-state index contributed by atoms with van der Waals surface area (Å²) in [4.78, 5) is 26.5. The zero-order chi connectivity index (χ0) is 17.1. The van der Waals surface area contributed by atoms with Gasteiger partial charge in [0, 0.05) is 24.1 Å². The molecule has 0 aliphatic rings. The van der Waals surface area contributed by atoms with Crippen LogP contribution in [0.4, 0.5) is 5.69 Å². The molecule has 8 heteroatoms. The van der Waals surface area contributed by atoms with Crippen LogP contribution in [-0.2, 0) is 18.3 Å². The van der Waals surface area contributed by atoms with E-state index in [1.807, 2.05) is 13.8 Å². The van der Waals surface area contributed by atoms with E-state index in [1.54, 1.807) is 23.7 Å². The van der Waals surface area contributed by atoms with Gasteiger partial charge in [-0.3, -0.25) is 14.9 Å². The van der Waals surface area contributed by atoms with Crippen LogP contribution >= 0.6 is 11.8 Å². The van der Waals surface area contributed by atoms with Gasteiger partial charge in [-0.2, -0.15) is 0 Å². The quantitative estimate of drug-likeness (QED) is 0.643. The molecule has 122 valence electrons. The maximum Gasteiger partial charge on any atom is 0.311 e. The van der Waals surface area contributed by atoms with Gasteiger partial charge in [-0.25, -0.2) is 4.98 Å². The Morgan fingerprint density at radius 2 is 2.17 bits per heavy atom. The summed E-state index contributed by atoms with van der Waals surface area (Å²) in [5, 5.41) is 20.7. The number of carboxylic acids is 1. The minimum Gasteiger partial charge on any atom is -0.481 e. The summed E-state index contributed by atoms with van der Waals surface area (Å²) in [7, 11) is 1.76. The van der Waals surface area contributed by atoms with E-state index in [1.165, 1.54) is 23.9 Å². The second-order valence-corrected chi connectivity index (χ2v) is 6.42. The van der Waals surface area contributed by atoms with E-state index in [4.69, 9.17) is 5.11 Å². The number of nitrogens with zero attached hydrogens (tertiary/aromatic N) is 3. The summed E-state index contributed by atoms with van der Waals surface area (Å²) >= 11 is 1.35. The van der Waals surface area contributed by atoms with Gasteiger partial charge in [-0.1, -0.05) is 31.7 Å². The van der Waals surface area contributed by atoms with Crippen LogP contribution in [0.1, 0.15) is 31.3 Å². The Bertz CT molecular complexity index is 755. The number of carbonyl (C=O) groups is 1. The average molecular weight is 335 g/mol. The van der Waals surface area contributed by atoms with Gasteiger partial charge in [0.05, 0.1) is 10.6 Å². The lowest BCUT2D eigenvalue weighted by Gasteiger charge is -2.08. The minimum absolute atomic E-state index is 0.0222. The highest BCUT2D eigenvalue weighted by atomic mass is 32.2. The molecule has 0 aliphatic heterocycles. The van der Waals surface area contributed by atoms with Crippen LogP contribution in [0.5, 0.6) is 0 Å². The molecule has 2 rings (SSSR count). The first-order valence-electron chi connectivity index (χ1n) is 6.99. The predicted molar refractivity (Wildman–Crippen MR) is 85.9 cm³/mol. The number of non-ortho nitro benzene ring substituents is 1. The lowest BCUT2D eigenvalue weighted by Crippen LogP contribution is -2.06. The van der Waals surface area contributed by atoms with Gasteiger partial charge in [0.15, 0.2) is 0 Å². The van der Waals surface area contributed by atoms with Gasteiger partial charge in [0.25, 0.3) is 5.69 Å². The molecule has 0 radical (unpaired) electrons. The third-order valence-corrected chi connectivity index (χ3v) is 4.43. The van der Waals surface area contributed by atoms with Crippen LogP contribution in [0.2, 0.25) is 0 Å². The van der Waals surface area contributed by atoms with Crippen molar-refractivity contribution in [2.24, 2.45) is 7.05 Å². The molecule has 0 atom stereocenters. The molecule has 0 unspecified atom stereocenters. The molecule has 7 nitrogen and oxygen atoms in total. The Balaban J connectivity index is 2.42. The molecule has 0 saturated carbocycles. The number of imidazole rings is 1. The second-order valence-electron chi connectivity index (χ2n) is 5.36. The molecule has 23 heavy (non-hydrogen) atoms. The van der Waals surface area contributed by atoms with Gasteiger partial charge in [0.1, 0.15) is 17.3 Å². The first-order chi connectivity index (χ1) is 10.8. The van der Waals surface area contributed by atoms with Crippen molar-refractivity contribution in [3.8, 4) is 0 Å². The van der Waals surface area contributed by atoms with Gasteiger partial charge >= 0.3 is 5.97 Å². The molecule has 0 saturated heterocycles. The molecule has 0 bridgehead atoms. The Morgan fingerprint density at radius 3 is 2.74 bits per heavy atom. The molecular formula is C15H17N3O4S. The van der Waals surface area contributed by atoms with Crippen molar-refractivity contribution in [2.75, 3.05) is 0 Å². The third kappa shape index (κ3) is 3.89. The summed E-state index contributed by atoms with van der Waals surface area (Å²) < 4.78 is 1.74. The van der Waals surface area contributed by atoms with Crippen molar-refractivity contribution in [2.45, 2.75) is 36.1 Å². The van der Waals surface area contributed by atoms with E-state index in [9.17, 15) is 14.9 Å². The number of rotatable bonds is 6. The van der Waals surface area contributed by atoms with Crippen LogP contribution < -0.4 is 0 Å². The number of aromatic nitrogens is 2. The average Bonchev–Trinajstić information content (AvgIpc) is 2.76. The molecule has 1 aromatic carbocycles. The van der Waals surface area contributed by atoms with Crippen molar-refractivity contribution < 1.29 is 14.8 Å². The third-order valence-electron chi connectivity index (χ3n) is 3.26. The van der Waals surface area contributed by atoms with Crippen molar-refractivity contribution in [3.05, 3.63) is 45.9 Å². The monoisotopic (exact) mass is 335 g/mol. The Hall–Kier alpha value is -2.35. The van der Waals surface area contributed by atoms with Crippen molar-refractivity contribution in [1.82, 2.24) is 9.55 Å². The second kappa shape index (κ2) is 6.82. The maximum atomic E-state index is 11.0. The Labute approximate surface area is 137 Å². The number of aliphatic carboxylic acids is 1. The van der Waals surface area contributed by atoms with Gasteiger partial charge in [0.2, 0.25) is 0 Å². The van der Waals surface area contributed by atoms with Crippen LogP contribution in [0.15, 0.2) is 34.2 Å². The van der Waals surface area contributed by atoms with E-state index >= 15 is 0 Å². The summed E-state index contributed by atoms with van der Waals surface area (Å²) in [6.07, 6.45) is -0.161. The molecule has 0 aliphatic carbocycles. The van der Waals surface area contributed by atoms with Gasteiger partial charge < -0.3 is 9.67 Å². The largest absolute Gasteiger partial charge is 0.481 e. The fourth-order valence-electron chi connectivity index (χ4n) is 2.11. The molecule has 2 aromatic rings. The zero-order valence-corrected chi connectivity index (χ0v) is 13.8. The number of benzene rings is 1. The highest BCUT2D eigenvalue weighted by Gasteiger charge is 2.20. The lowest BCUT2D eigenvalue weighted by atomic mass is 10.1. The van der Waals surface area contributed by atoms with E-state index < -0.39 is 10.9 Å². The molecule has 1 aromatic heterocycles. The molecule has 1 heterocycles. The molecule has 0 spiro atoms. The topological polar surface area (TPSA) is 98.3 Å². The molecular weight excluding hydrogens is 318 g/mol. The van der Waals surface area contributed by atoms with Crippen LogP contribution in [0.3, 0.4) is 0 Å². The van der Waals surface area contributed by atoms with E-state index in [0.29, 0.717) is 10.7 Å². The predicted octanol–water partition coefficient (Wildman–Crippen LogP) is 3.23. The van der Waals surface area contributed by atoms with Gasteiger partial charge in [-0.05, 0) is 12.0 Å². The first kappa shape index (κ1) is 17.0. The minimum atomic E-state index is -0.944. The van der Waals surface area contributed by atoms with Crippen molar-refractivity contribution >= 4 is 23.4 Å². The van der Waals surface area contributed by atoms with Gasteiger partial charge in [-0.15, -0.1) is 0 Å². The van der Waals surface area contributed by atoms with Crippen LogP contribution in [0.25, 0.3) is 0 Å². The maximum absolute atomic E-state index is 11.0. The highest BCUT2D eigenvalue weighted by molar-refractivity contribution is 7.99. The number of hydrogen-bond donors (Lipinski definition) is 1. The first-order valence-corrected chi connectivity index (χ1v) is 7.80. The fourth-order valence-corrected chi connectivity index (χ4v) is 3.29. The van der Waals surface area contributed by atoms with E-state index in [-0.39, 0.29) is 18.0 Å². The number of hydrogen-bond acceptors (Lipinski definition) is 5. The summed E-state index contributed by atoms with van der Waals surface area (Å²) in [5.41, 5.74) is 0.814. The number of nitro groups is 1. The highest BCUT2D eigenvalue weighted by Crippen LogP contribution is 2.35. The Kier molecular flexibility index (Phi) is 5.05. The lowest BCUT2D eigenvalue weighted by molar-refractivity contribution is -0.385. The zero-order valence-electron chi connectivity index (χ0n) is 13.0. The van der Waals surface area contributed by atoms with Crippen LogP contribution in [0, 0.1) is 10.1 Å². The summed E-state index contributed by atoms with van der Waals surface area (Å²) in [6.45, 7) is 3.95. The fraction of sp³-hybridized carbons (Fsp3) is 0.333. The summed E-state index contributed by atoms with van der Waals surface area (Å²) in [5.74, 6) is -0.362. The SMILES string of the molecule is CC(C)c1nc(CC(=O)O)n(C)c1Sc1cccc([N+](=O)[O-])c1. The number of nitro benzene ring substituents is 1. The molecule has 1 N–H and O–H groups in total. The normalized spacial score (nSPS) is 11.0. The van der Waals surface area contributed by atoms with Crippen molar-refractivity contribution in [1.29, 1.82) is 0 Å². The standard InChI is InChI=1S/C15H17N3O4S/c1-9(2)14-15(17(3)12(16-14)8-13(19)20)23-11-6-4-5-10(7-11)18(21)22/h4-7,9H,8H2,1-3H3,(H,19,20). The van der Waals surface area contributed by atoms with Crippen LogP contribution in [-0.4, -0.2) is 25.6 Å². The van der Waals surface area contributed by atoms with Crippen molar-refractivity contribution in [3.63, 3.8) is 0 Å². The smallest absolute Gasteiger partial charge is 0.311 e. The van der Waals surface area contributed by atoms with E-state index in [0.717, 1.165) is 10.7 Å². The number of carboxylic acid groups (broad SMARTS) is 1. The van der Waals surface area contributed by atoms with E-state index in [2.05, 4.69) is 4.98 Å². The molecule has 0 fully saturated rings. The Morgan fingerprint density at radius 1 is 1.48 bits per heavy atom.